The summed E-state index contributed by atoms with van der Waals surface area (Å²) in [5.74, 6) is 0.467. The largest absolute Gasteiger partial charge is 0.469 e. The minimum absolute atomic E-state index is 0.0125. The molecular weight excluding hydrogens is 634 g/mol. The van der Waals surface area contributed by atoms with E-state index in [4.69, 9.17) is 16.6 Å². The first-order chi connectivity index (χ1) is 23.4. The van der Waals surface area contributed by atoms with E-state index in [1.54, 1.807) is 0 Å². The van der Waals surface area contributed by atoms with Crippen molar-refractivity contribution in [3.8, 4) is 0 Å². The van der Waals surface area contributed by atoms with Gasteiger partial charge >= 0.3 is 5.97 Å². The van der Waals surface area contributed by atoms with Gasteiger partial charge in [0.1, 0.15) is 11.4 Å². The number of nitrogens with one attached hydrogen (secondary N) is 1. The first kappa shape index (κ1) is 43.8. The average molecular weight is 698 g/mol. The molecule has 7 nitrogen and oxygen atoms in total. The van der Waals surface area contributed by atoms with Crippen molar-refractivity contribution in [2.75, 3.05) is 19.5 Å². The highest BCUT2D eigenvalue weighted by Crippen LogP contribution is 2.48. The highest BCUT2D eigenvalue weighted by molar-refractivity contribution is 6.46. The molecule has 0 unspecified atom stereocenters. The molecule has 1 aliphatic heterocycles. The number of aliphatic imine (C=N–C) groups is 1. The van der Waals surface area contributed by atoms with Crippen LogP contribution >= 0.6 is 11.6 Å². The van der Waals surface area contributed by atoms with Gasteiger partial charge in [-0.25, -0.2) is 0 Å². The number of rotatable bonds is 14. The third-order valence-electron chi connectivity index (χ3n) is 9.51. The van der Waals surface area contributed by atoms with E-state index in [0.29, 0.717) is 29.5 Å². The molecule has 2 amide bonds. The first-order valence-corrected chi connectivity index (χ1v) is 18.7. The third kappa shape index (κ3) is 12.6. The molecule has 1 aromatic rings. The molecule has 1 N–H and O–H groups in total. The van der Waals surface area contributed by atoms with Gasteiger partial charge < -0.3 is 15.0 Å². The van der Waals surface area contributed by atoms with Gasteiger partial charge in [0.05, 0.1) is 13.5 Å². The maximum absolute atomic E-state index is 14.5. The lowest BCUT2D eigenvalue weighted by Crippen LogP contribution is -2.55. The maximum atomic E-state index is 14.5. The Labute approximate surface area is 302 Å². The summed E-state index contributed by atoms with van der Waals surface area (Å²) in [5.41, 5.74) is 3.88. The van der Waals surface area contributed by atoms with Gasteiger partial charge in [-0.15, -0.1) is 24.8 Å². The highest BCUT2D eigenvalue weighted by Gasteiger charge is 2.52. The number of methoxy groups -OCH3 is 1. The second kappa shape index (κ2) is 21.8. The van der Waals surface area contributed by atoms with Gasteiger partial charge in [-0.3, -0.25) is 19.4 Å². The van der Waals surface area contributed by atoms with Crippen molar-refractivity contribution >= 4 is 35.1 Å². The van der Waals surface area contributed by atoms with Crippen LogP contribution in [-0.2, 0) is 20.7 Å². The number of nitrogens with zero attached hydrogens (tertiary/aromatic N) is 2. The van der Waals surface area contributed by atoms with Crippen LogP contribution in [0.1, 0.15) is 129 Å². The molecule has 8 heteroatoms. The first-order valence-electron chi connectivity index (χ1n) is 18.2. The van der Waals surface area contributed by atoms with Crippen molar-refractivity contribution in [1.29, 1.82) is 0 Å². The molecule has 1 saturated carbocycles. The Morgan fingerprint density at radius 1 is 1.14 bits per heavy atom. The predicted octanol–water partition coefficient (Wildman–Crippen LogP) is 9.65. The van der Waals surface area contributed by atoms with E-state index in [1.807, 2.05) is 51.1 Å². The molecule has 1 aliphatic carbocycles. The van der Waals surface area contributed by atoms with E-state index in [1.165, 1.54) is 7.11 Å². The van der Waals surface area contributed by atoms with Gasteiger partial charge in [0, 0.05) is 24.0 Å². The summed E-state index contributed by atoms with van der Waals surface area (Å²) in [5, 5.41) is 2.77. The quantitative estimate of drug-likeness (QED) is 0.0908. The van der Waals surface area contributed by atoms with E-state index in [0.717, 1.165) is 68.1 Å². The Kier molecular flexibility index (Phi) is 19.5. The van der Waals surface area contributed by atoms with Gasteiger partial charge in [-0.05, 0) is 86.5 Å². The van der Waals surface area contributed by atoms with Crippen LogP contribution in [0.3, 0.4) is 0 Å². The van der Waals surface area contributed by atoms with Crippen LogP contribution in [0.25, 0.3) is 0 Å². The zero-order valence-electron chi connectivity index (χ0n) is 31.9. The summed E-state index contributed by atoms with van der Waals surface area (Å²) in [6, 6.07) is 7.59. The second-order valence-electron chi connectivity index (χ2n) is 13.7. The molecule has 0 saturated heterocycles. The summed E-state index contributed by atoms with van der Waals surface area (Å²) < 4.78 is 4.64. The average Bonchev–Trinajstić information content (AvgIpc) is 3.38. The van der Waals surface area contributed by atoms with Gasteiger partial charge in [0.15, 0.2) is 0 Å². The highest BCUT2D eigenvalue weighted by atomic mass is 35.5. The normalized spacial score (nSPS) is 20.0. The van der Waals surface area contributed by atoms with Gasteiger partial charge in [0.25, 0.3) is 11.8 Å². The van der Waals surface area contributed by atoms with Crippen molar-refractivity contribution in [3.63, 3.8) is 0 Å². The minimum atomic E-state index is -0.538. The van der Waals surface area contributed by atoms with Crippen LogP contribution in [0.2, 0.25) is 0 Å². The van der Waals surface area contributed by atoms with E-state index < -0.39 is 5.66 Å². The van der Waals surface area contributed by atoms with Gasteiger partial charge in [0.2, 0.25) is 0 Å². The van der Waals surface area contributed by atoms with Crippen LogP contribution in [0.15, 0.2) is 65.7 Å². The summed E-state index contributed by atoms with van der Waals surface area (Å²) in [6.07, 6.45) is 12.5. The van der Waals surface area contributed by atoms with Crippen molar-refractivity contribution in [1.82, 2.24) is 10.2 Å². The molecule has 0 bridgehead atoms. The smallest absolute Gasteiger partial charge is 0.307 e. The predicted molar refractivity (Wildman–Crippen MR) is 206 cm³/mol. The van der Waals surface area contributed by atoms with Crippen LogP contribution in [-0.4, -0.2) is 59.6 Å². The van der Waals surface area contributed by atoms with Crippen LogP contribution in [0.4, 0.5) is 0 Å². The van der Waals surface area contributed by atoms with Crippen LogP contribution in [0, 0.1) is 11.3 Å². The minimum Gasteiger partial charge on any atom is -0.469 e. The molecule has 1 aromatic carbocycles. The zero-order valence-corrected chi connectivity index (χ0v) is 32.7. The number of carbonyl (C=O) groups excluding carboxylic acids is 3. The number of amides is 2. The van der Waals surface area contributed by atoms with E-state index >= 15 is 0 Å². The van der Waals surface area contributed by atoms with Crippen molar-refractivity contribution in [2.24, 2.45) is 16.3 Å². The molecule has 1 heterocycles. The molecule has 1 fully saturated rings. The van der Waals surface area contributed by atoms with Crippen LogP contribution < -0.4 is 5.32 Å². The molecule has 1 atom stereocenters. The molecular formula is C41H64ClN3O4. The number of halogens is 1. The topological polar surface area (TPSA) is 88.1 Å². The standard InChI is InChI=1S/C37H54ClN3O4.C2H6.C2H4/c1-8-10-11-31(25-28-12-14-29(15-13-28)34(43)39-23-19-32(42)45-7)41-35(44)33(26(3)24-27(9-2)18-22-38)40-37(41)20-16-30(17-21-37)36(4,5)6;2*1-2/h12-15,18,24,30-31H,8-11,16-17,19-23,25H2,1-7H3,(H,39,43);1-2H3;1-2H2/b26-24+,27-18-;;/t30?,31-,37?;;/m1../s1. The Morgan fingerprint density at radius 2 is 1.76 bits per heavy atom. The number of alkyl halides is 1. The Hall–Kier alpha value is -3.19. The van der Waals surface area contributed by atoms with Gasteiger partial charge in [-0.2, -0.15) is 0 Å². The second-order valence-corrected chi connectivity index (χ2v) is 14.0. The van der Waals surface area contributed by atoms with Crippen molar-refractivity contribution < 1.29 is 19.1 Å². The SMILES string of the molecule is C=C.CC.CCCC[C@H](Cc1ccc(C(=O)NCCC(=O)OC)cc1)N1C(=O)C(/C(C)=C/C(=C\CCl)CC)=NC12CCC(C(C)(C)C)CC2. The molecule has 3 rings (SSSR count). The number of ether oxygens (including phenoxy) is 1. The number of esters is 1. The Bertz CT molecular complexity index is 1280. The lowest BCUT2D eigenvalue weighted by molar-refractivity contribution is -0.140. The number of carbonyl (C=O) groups is 3. The lowest BCUT2D eigenvalue weighted by atomic mass is 9.69. The summed E-state index contributed by atoms with van der Waals surface area (Å²) in [4.78, 5) is 46.0. The fraction of sp³-hybridized carbons (Fsp3) is 0.610. The Balaban J connectivity index is 0.00000289. The zero-order chi connectivity index (χ0) is 37.2. The number of hydrogen-bond acceptors (Lipinski definition) is 5. The number of unbranched alkanes of at least 4 members (excludes halogenated alkanes) is 1. The van der Waals surface area contributed by atoms with E-state index in [2.05, 4.69) is 68.8 Å². The molecule has 0 radical (unpaired) electrons. The monoisotopic (exact) mass is 697 g/mol. The molecule has 2 aliphatic rings. The fourth-order valence-electron chi connectivity index (χ4n) is 6.73. The molecule has 49 heavy (non-hydrogen) atoms. The molecule has 1 spiro atoms. The number of benzene rings is 1. The van der Waals surface area contributed by atoms with E-state index in [-0.39, 0.29) is 42.2 Å². The van der Waals surface area contributed by atoms with Gasteiger partial charge in [-0.1, -0.05) is 91.2 Å². The fourth-order valence-corrected chi connectivity index (χ4v) is 6.93. The lowest BCUT2D eigenvalue weighted by Gasteiger charge is -2.47. The number of hydrogen-bond donors (Lipinski definition) is 1. The van der Waals surface area contributed by atoms with E-state index in [9.17, 15) is 14.4 Å². The summed E-state index contributed by atoms with van der Waals surface area (Å²) in [7, 11) is 1.33. The molecule has 0 aromatic heterocycles. The third-order valence-corrected chi connectivity index (χ3v) is 9.66. The van der Waals surface area contributed by atoms with Crippen molar-refractivity contribution in [3.05, 3.63) is 71.8 Å². The molecule has 274 valence electrons. The summed E-state index contributed by atoms with van der Waals surface area (Å²) in [6.45, 7) is 23.5. The number of allylic oxidation sites excluding steroid dienone is 3. The summed E-state index contributed by atoms with van der Waals surface area (Å²) >= 11 is 6.02. The Morgan fingerprint density at radius 3 is 2.27 bits per heavy atom. The maximum Gasteiger partial charge on any atom is 0.307 e. The van der Waals surface area contributed by atoms with Crippen molar-refractivity contribution in [2.45, 2.75) is 131 Å². The van der Waals surface area contributed by atoms with Crippen LogP contribution in [0.5, 0.6) is 0 Å².